The Morgan fingerprint density at radius 1 is 1.08 bits per heavy atom. The zero-order chi connectivity index (χ0) is 17.2. The molecule has 1 amide bonds. The monoisotopic (exact) mass is 338 g/mol. The topological polar surface area (TPSA) is 60.2 Å². The minimum Gasteiger partial charge on any atom is -0.355 e. The van der Waals surface area contributed by atoms with Crippen molar-refractivity contribution in [3.63, 3.8) is 0 Å². The summed E-state index contributed by atoms with van der Waals surface area (Å²) in [5.41, 5.74) is 3.13. The largest absolute Gasteiger partial charge is 0.355 e. The van der Waals surface area contributed by atoms with E-state index in [1.54, 1.807) is 0 Å². The molecule has 1 aromatic heterocycles. The van der Waals surface area contributed by atoms with Crippen LogP contribution in [0.4, 0.5) is 5.82 Å². The SMILES string of the molecule is N#Cc1cc2c(nc1N1CCC(C(=O)N3CCCC3)CC1)CCCC2. The molecule has 3 heterocycles. The molecule has 1 aliphatic carbocycles. The van der Waals surface area contributed by atoms with Crippen LogP contribution in [0.2, 0.25) is 0 Å². The Labute approximate surface area is 149 Å². The molecule has 1 aromatic rings. The van der Waals surface area contributed by atoms with E-state index in [9.17, 15) is 10.1 Å². The zero-order valence-corrected chi connectivity index (χ0v) is 14.8. The molecule has 0 bridgehead atoms. The number of rotatable bonds is 2. The molecule has 0 atom stereocenters. The van der Waals surface area contributed by atoms with Gasteiger partial charge in [-0.3, -0.25) is 4.79 Å². The molecular formula is C20H26N4O. The summed E-state index contributed by atoms with van der Waals surface area (Å²) in [6.07, 6.45) is 8.50. The first-order chi connectivity index (χ1) is 12.3. The summed E-state index contributed by atoms with van der Waals surface area (Å²) in [7, 11) is 0. The first-order valence-corrected chi connectivity index (χ1v) is 9.73. The number of hydrogen-bond acceptors (Lipinski definition) is 4. The fraction of sp³-hybridized carbons (Fsp3) is 0.650. The van der Waals surface area contributed by atoms with E-state index in [1.165, 1.54) is 24.1 Å². The number of carbonyl (C=O) groups excluding carboxylic acids is 1. The zero-order valence-electron chi connectivity index (χ0n) is 14.8. The van der Waals surface area contributed by atoms with Crippen molar-refractivity contribution in [1.29, 1.82) is 5.26 Å². The van der Waals surface area contributed by atoms with Gasteiger partial charge in [0.1, 0.15) is 11.9 Å². The van der Waals surface area contributed by atoms with Gasteiger partial charge in [0, 0.05) is 37.8 Å². The van der Waals surface area contributed by atoms with E-state index in [2.05, 4.69) is 17.0 Å². The predicted molar refractivity (Wildman–Crippen MR) is 96.3 cm³/mol. The van der Waals surface area contributed by atoms with E-state index in [0.29, 0.717) is 11.5 Å². The van der Waals surface area contributed by atoms with Crippen LogP contribution in [0, 0.1) is 17.2 Å². The Morgan fingerprint density at radius 3 is 2.52 bits per heavy atom. The third-order valence-corrected chi connectivity index (χ3v) is 5.96. The quantitative estimate of drug-likeness (QED) is 0.832. The van der Waals surface area contributed by atoms with Gasteiger partial charge in [0.25, 0.3) is 0 Å². The molecule has 3 aliphatic rings. The van der Waals surface area contributed by atoms with E-state index >= 15 is 0 Å². The highest BCUT2D eigenvalue weighted by molar-refractivity contribution is 5.79. The molecule has 0 aromatic carbocycles. The minimum absolute atomic E-state index is 0.150. The van der Waals surface area contributed by atoms with Crippen molar-refractivity contribution in [2.45, 2.75) is 51.4 Å². The molecule has 0 N–H and O–H groups in total. The number of nitriles is 1. The Morgan fingerprint density at radius 2 is 1.80 bits per heavy atom. The number of amides is 1. The summed E-state index contributed by atoms with van der Waals surface area (Å²) in [5.74, 6) is 1.34. The molecule has 5 nitrogen and oxygen atoms in total. The van der Waals surface area contributed by atoms with Gasteiger partial charge in [-0.15, -0.1) is 0 Å². The summed E-state index contributed by atoms with van der Waals surface area (Å²) in [6, 6.07) is 4.40. The van der Waals surface area contributed by atoms with Gasteiger partial charge in [0.15, 0.2) is 0 Å². The number of likely N-dealkylation sites (tertiary alicyclic amines) is 1. The van der Waals surface area contributed by atoms with Crippen molar-refractivity contribution in [3.8, 4) is 6.07 Å². The number of aryl methyl sites for hydroxylation is 2. The fourth-order valence-electron chi connectivity index (χ4n) is 4.48. The van der Waals surface area contributed by atoms with Crippen LogP contribution < -0.4 is 4.90 Å². The summed E-state index contributed by atoms with van der Waals surface area (Å²) in [6.45, 7) is 3.52. The molecule has 0 unspecified atom stereocenters. The van der Waals surface area contributed by atoms with Crippen LogP contribution in [0.5, 0.6) is 0 Å². The molecule has 2 fully saturated rings. The molecule has 0 radical (unpaired) electrons. The summed E-state index contributed by atoms with van der Waals surface area (Å²) >= 11 is 0. The van der Waals surface area contributed by atoms with Gasteiger partial charge in [-0.2, -0.15) is 5.26 Å². The van der Waals surface area contributed by atoms with Gasteiger partial charge in [-0.25, -0.2) is 4.98 Å². The van der Waals surface area contributed by atoms with Crippen molar-refractivity contribution in [2.75, 3.05) is 31.1 Å². The standard InChI is InChI=1S/C20H26N4O/c21-14-17-13-16-5-1-2-6-18(16)22-19(17)23-11-7-15(8-12-23)20(25)24-9-3-4-10-24/h13,15H,1-12H2. The van der Waals surface area contributed by atoms with Crippen LogP contribution in [-0.4, -0.2) is 42.0 Å². The number of hydrogen-bond donors (Lipinski definition) is 0. The second-order valence-electron chi connectivity index (χ2n) is 7.58. The lowest BCUT2D eigenvalue weighted by atomic mass is 9.93. The van der Waals surface area contributed by atoms with Gasteiger partial charge in [-0.05, 0) is 63.0 Å². The Kier molecular flexibility index (Phi) is 4.61. The van der Waals surface area contributed by atoms with E-state index in [4.69, 9.17) is 4.98 Å². The maximum atomic E-state index is 12.6. The van der Waals surface area contributed by atoms with Crippen molar-refractivity contribution in [1.82, 2.24) is 9.88 Å². The summed E-state index contributed by atoms with van der Waals surface area (Å²) in [4.78, 5) is 21.7. The lowest BCUT2D eigenvalue weighted by Gasteiger charge is -2.34. The van der Waals surface area contributed by atoms with Crippen LogP contribution in [0.1, 0.15) is 55.3 Å². The van der Waals surface area contributed by atoms with Crippen molar-refractivity contribution in [3.05, 3.63) is 22.9 Å². The number of piperidine rings is 1. The minimum atomic E-state index is 0.150. The average Bonchev–Trinajstić information content (AvgIpc) is 3.21. The van der Waals surface area contributed by atoms with Gasteiger partial charge in [0.05, 0.1) is 5.56 Å². The van der Waals surface area contributed by atoms with Crippen LogP contribution in [0.25, 0.3) is 0 Å². The maximum absolute atomic E-state index is 12.6. The smallest absolute Gasteiger partial charge is 0.225 e. The molecule has 2 saturated heterocycles. The third-order valence-electron chi connectivity index (χ3n) is 5.96. The lowest BCUT2D eigenvalue weighted by Crippen LogP contribution is -2.42. The first kappa shape index (κ1) is 16.4. The highest BCUT2D eigenvalue weighted by atomic mass is 16.2. The number of nitrogens with zero attached hydrogens (tertiary/aromatic N) is 4. The fourth-order valence-corrected chi connectivity index (χ4v) is 4.48. The normalized spacial score (nSPS) is 21.1. The number of carbonyl (C=O) groups is 1. The Balaban J connectivity index is 1.47. The average molecular weight is 338 g/mol. The Hall–Kier alpha value is -2.09. The van der Waals surface area contributed by atoms with Crippen LogP contribution >= 0.6 is 0 Å². The van der Waals surface area contributed by atoms with Crippen LogP contribution in [0.3, 0.4) is 0 Å². The maximum Gasteiger partial charge on any atom is 0.225 e. The number of anilines is 1. The Bertz CT molecular complexity index is 694. The van der Waals surface area contributed by atoms with E-state index < -0.39 is 0 Å². The van der Waals surface area contributed by atoms with Crippen molar-refractivity contribution in [2.24, 2.45) is 5.92 Å². The van der Waals surface area contributed by atoms with Crippen molar-refractivity contribution < 1.29 is 4.79 Å². The van der Waals surface area contributed by atoms with Gasteiger partial charge < -0.3 is 9.80 Å². The molecule has 0 spiro atoms. The van der Waals surface area contributed by atoms with Gasteiger partial charge in [-0.1, -0.05) is 0 Å². The molecule has 4 rings (SSSR count). The van der Waals surface area contributed by atoms with E-state index in [0.717, 1.165) is 70.5 Å². The second kappa shape index (κ2) is 7.03. The van der Waals surface area contributed by atoms with E-state index in [-0.39, 0.29) is 5.92 Å². The number of aromatic nitrogens is 1. The first-order valence-electron chi connectivity index (χ1n) is 9.73. The molecule has 132 valence electrons. The van der Waals surface area contributed by atoms with Crippen LogP contribution in [0.15, 0.2) is 6.07 Å². The summed E-state index contributed by atoms with van der Waals surface area (Å²) in [5, 5.41) is 9.56. The summed E-state index contributed by atoms with van der Waals surface area (Å²) < 4.78 is 0. The van der Waals surface area contributed by atoms with Crippen molar-refractivity contribution >= 4 is 11.7 Å². The van der Waals surface area contributed by atoms with Gasteiger partial charge >= 0.3 is 0 Å². The molecular weight excluding hydrogens is 312 g/mol. The highest BCUT2D eigenvalue weighted by Gasteiger charge is 2.31. The second-order valence-corrected chi connectivity index (χ2v) is 7.58. The van der Waals surface area contributed by atoms with Crippen LogP contribution in [-0.2, 0) is 17.6 Å². The number of fused-ring (bicyclic) bond motifs is 1. The predicted octanol–water partition coefficient (Wildman–Crippen LogP) is 2.67. The molecule has 2 aliphatic heterocycles. The molecule has 0 saturated carbocycles. The van der Waals surface area contributed by atoms with Gasteiger partial charge in [0.2, 0.25) is 5.91 Å². The number of pyridine rings is 1. The third kappa shape index (κ3) is 3.22. The lowest BCUT2D eigenvalue weighted by molar-refractivity contribution is -0.135. The highest BCUT2D eigenvalue weighted by Crippen LogP contribution is 2.30. The molecule has 25 heavy (non-hydrogen) atoms. The van der Waals surface area contributed by atoms with E-state index in [1.807, 2.05) is 4.90 Å². The molecule has 5 heteroatoms.